The topological polar surface area (TPSA) is 168 Å². The van der Waals surface area contributed by atoms with Crippen molar-refractivity contribution in [1.82, 2.24) is 16.0 Å². The normalized spacial score (nSPS) is 13.8. The number of aliphatic carboxylic acids is 1. The van der Waals surface area contributed by atoms with E-state index in [0.29, 0.717) is 0 Å². The van der Waals surface area contributed by atoms with E-state index in [1.165, 1.54) is 7.05 Å². The lowest BCUT2D eigenvalue weighted by Crippen LogP contribution is -2.49. The number of thiol groups is 2. The lowest BCUT2D eigenvalue weighted by Gasteiger charge is -2.17. The van der Waals surface area contributed by atoms with Gasteiger partial charge in [0.05, 0.1) is 11.8 Å². The Hall–Kier alpha value is -1.79. The molecule has 10 nitrogen and oxygen atoms in total. The van der Waals surface area contributed by atoms with Gasteiger partial charge in [0.1, 0.15) is 12.1 Å². The monoisotopic (exact) mass is 408 g/mol. The number of carboxylic acids is 1. The molecule has 0 radical (unpaired) electrons. The number of Topliss-reactive ketones (excluding diaryl/α,β-unsaturated/α-hetero) is 1. The standard InChI is InChI=1S/C14H24N4O6S2/c1-16-12(21)4-10(26)9(19)5-17-13(22)8(6-25)18-11(20)3-2-7(15)14(23)24/h7-8,10,25-26H,2-6,15H2,1H3,(H,16,21)(H,17,22)(H,18,20)(H,23,24)/t7-,8-,10-/m0/s1. The van der Waals surface area contributed by atoms with Crippen LogP contribution in [0, 0.1) is 0 Å². The summed E-state index contributed by atoms with van der Waals surface area (Å²) in [6.45, 7) is -0.353. The Bertz CT molecular complexity index is 546. The number of amides is 3. The smallest absolute Gasteiger partial charge is 0.320 e. The van der Waals surface area contributed by atoms with Gasteiger partial charge in [0.2, 0.25) is 17.7 Å². The van der Waals surface area contributed by atoms with Crippen molar-refractivity contribution in [2.24, 2.45) is 5.73 Å². The molecule has 148 valence electrons. The molecular formula is C14H24N4O6S2. The summed E-state index contributed by atoms with van der Waals surface area (Å²) in [6.07, 6.45) is -0.374. The molecule has 0 saturated heterocycles. The van der Waals surface area contributed by atoms with Crippen LogP contribution >= 0.6 is 25.3 Å². The zero-order valence-corrected chi connectivity index (χ0v) is 16.0. The maximum Gasteiger partial charge on any atom is 0.320 e. The number of rotatable bonds is 12. The Labute approximate surface area is 161 Å². The molecule has 0 rings (SSSR count). The van der Waals surface area contributed by atoms with E-state index >= 15 is 0 Å². The quantitative estimate of drug-likeness (QED) is 0.178. The molecule has 0 aromatic carbocycles. The average molecular weight is 409 g/mol. The number of carbonyl (C=O) groups is 5. The number of hydrogen-bond donors (Lipinski definition) is 7. The summed E-state index contributed by atoms with van der Waals surface area (Å²) in [5.41, 5.74) is 5.29. The fourth-order valence-corrected chi connectivity index (χ4v) is 2.19. The molecule has 0 fully saturated rings. The molecule has 6 N–H and O–H groups in total. The molecule has 0 spiro atoms. The minimum absolute atomic E-state index is 0.0285. The molecule has 3 atom stereocenters. The van der Waals surface area contributed by atoms with Crippen molar-refractivity contribution < 1.29 is 29.1 Å². The lowest BCUT2D eigenvalue weighted by molar-refractivity contribution is -0.139. The van der Waals surface area contributed by atoms with Crippen LogP contribution in [0.25, 0.3) is 0 Å². The van der Waals surface area contributed by atoms with Gasteiger partial charge in [0.15, 0.2) is 5.78 Å². The highest BCUT2D eigenvalue weighted by Gasteiger charge is 2.23. The van der Waals surface area contributed by atoms with Gasteiger partial charge in [-0.1, -0.05) is 0 Å². The van der Waals surface area contributed by atoms with E-state index in [0.717, 1.165) is 0 Å². The van der Waals surface area contributed by atoms with Crippen LogP contribution in [0.1, 0.15) is 19.3 Å². The summed E-state index contributed by atoms with van der Waals surface area (Å²) in [5.74, 6) is -3.26. The number of carboxylic acid groups (broad SMARTS) is 1. The number of carbonyl (C=O) groups excluding carboxylic acids is 4. The highest BCUT2D eigenvalue weighted by atomic mass is 32.1. The van der Waals surface area contributed by atoms with Crippen molar-refractivity contribution in [3.63, 3.8) is 0 Å². The van der Waals surface area contributed by atoms with E-state index < -0.39 is 40.9 Å². The first kappa shape index (κ1) is 24.2. The lowest BCUT2D eigenvalue weighted by atomic mass is 10.1. The molecule has 12 heteroatoms. The van der Waals surface area contributed by atoms with Gasteiger partial charge < -0.3 is 26.8 Å². The van der Waals surface area contributed by atoms with Crippen LogP contribution in [0.3, 0.4) is 0 Å². The predicted molar refractivity (Wildman–Crippen MR) is 100 cm³/mol. The van der Waals surface area contributed by atoms with Gasteiger partial charge in [-0.25, -0.2) is 0 Å². The Morgan fingerprint density at radius 1 is 1.15 bits per heavy atom. The first-order chi connectivity index (χ1) is 12.1. The number of hydrogen-bond acceptors (Lipinski definition) is 8. The Kier molecular flexibility index (Phi) is 11.7. The van der Waals surface area contributed by atoms with Gasteiger partial charge in [-0.2, -0.15) is 25.3 Å². The molecule has 3 amide bonds. The predicted octanol–water partition coefficient (Wildman–Crippen LogP) is -2.29. The molecule has 0 unspecified atom stereocenters. The minimum Gasteiger partial charge on any atom is -0.480 e. The molecule has 0 bridgehead atoms. The Morgan fingerprint density at radius 2 is 1.77 bits per heavy atom. The third-order valence-corrected chi connectivity index (χ3v) is 4.14. The largest absolute Gasteiger partial charge is 0.480 e. The molecule has 0 saturated carbocycles. The van der Waals surface area contributed by atoms with Gasteiger partial charge >= 0.3 is 5.97 Å². The average Bonchev–Trinajstić information content (AvgIpc) is 2.61. The molecule has 0 aliphatic carbocycles. The van der Waals surface area contributed by atoms with Crippen molar-refractivity contribution in [2.75, 3.05) is 19.3 Å². The van der Waals surface area contributed by atoms with Crippen LogP contribution in [0.4, 0.5) is 0 Å². The van der Waals surface area contributed by atoms with Crippen molar-refractivity contribution in [1.29, 1.82) is 0 Å². The molecule has 0 aliphatic rings. The molecule has 26 heavy (non-hydrogen) atoms. The number of ketones is 1. The summed E-state index contributed by atoms with van der Waals surface area (Å²) < 4.78 is 0. The molecular weight excluding hydrogens is 384 g/mol. The van der Waals surface area contributed by atoms with Crippen molar-refractivity contribution in [3.05, 3.63) is 0 Å². The Morgan fingerprint density at radius 3 is 2.27 bits per heavy atom. The van der Waals surface area contributed by atoms with E-state index in [9.17, 15) is 24.0 Å². The van der Waals surface area contributed by atoms with Gasteiger partial charge in [0.25, 0.3) is 0 Å². The van der Waals surface area contributed by atoms with Crippen LogP contribution in [0.5, 0.6) is 0 Å². The fraction of sp³-hybridized carbons (Fsp3) is 0.643. The summed E-state index contributed by atoms with van der Waals surface area (Å²) in [7, 11) is 1.43. The highest BCUT2D eigenvalue weighted by molar-refractivity contribution is 7.81. The minimum atomic E-state index is -1.22. The molecule has 0 heterocycles. The summed E-state index contributed by atoms with van der Waals surface area (Å²) >= 11 is 7.97. The summed E-state index contributed by atoms with van der Waals surface area (Å²) in [4.78, 5) is 57.4. The second-order valence-corrected chi connectivity index (χ2v) is 6.35. The third-order valence-electron chi connectivity index (χ3n) is 3.30. The zero-order valence-electron chi connectivity index (χ0n) is 14.2. The summed E-state index contributed by atoms with van der Waals surface area (Å²) in [5, 5.41) is 14.9. The van der Waals surface area contributed by atoms with E-state index in [1.807, 2.05) is 0 Å². The van der Waals surface area contributed by atoms with Crippen molar-refractivity contribution >= 4 is 54.7 Å². The molecule has 0 aliphatic heterocycles. The molecule has 0 aromatic rings. The first-order valence-electron chi connectivity index (χ1n) is 7.70. The van der Waals surface area contributed by atoms with Crippen LogP contribution in [0.15, 0.2) is 0 Å². The van der Waals surface area contributed by atoms with Crippen molar-refractivity contribution in [2.45, 2.75) is 36.6 Å². The van der Waals surface area contributed by atoms with E-state index in [4.69, 9.17) is 10.8 Å². The fourth-order valence-electron chi connectivity index (χ4n) is 1.68. The highest BCUT2D eigenvalue weighted by Crippen LogP contribution is 2.02. The first-order valence-corrected chi connectivity index (χ1v) is 8.84. The van der Waals surface area contributed by atoms with Crippen molar-refractivity contribution in [3.8, 4) is 0 Å². The zero-order chi connectivity index (χ0) is 20.3. The van der Waals surface area contributed by atoms with Crippen LogP contribution in [-0.2, 0) is 24.0 Å². The van der Waals surface area contributed by atoms with Gasteiger partial charge in [0, 0.05) is 25.6 Å². The summed E-state index contributed by atoms with van der Waals surface area (Å²) in [6, 6.07) is -2.17. The maximum absolute atomic E-state index is 12.0. The van der Waals surface area contributed by atoms with Crippen LogP contribution in [-0.4, -0.2) is 71.3 Å². The van der Waals surface area contributed by atoms with Gasteiger partial charge in [-0.3, -0.25) is 24.0 Å². The van der Waals surface area contributed by atoms with Gasteiger partial charge in [-0.05, 0) is 6.42 Å². The molecule has 0 aromatic heterocycles. The van der Waals surface area contributed by atoms with E-state index in [2.05, 4.69) is 41.2 Å². The maximum atomic E-state index is 12.0. The Balaban J connectivity index is 4.39. The number of nitrogens with one attached hydrogen (secondary N) is 3. The second kappa shape index (κ2) is 12.5. The van der Waals surface area contributed by atoms with Gasteiger partial charge in [-0.15, -0.1) is 0 Å². The second-order valence-electron chi connectivity index (χ2n) is 5.36. The van der Waals surface area contributed by atoms with Crippen LogP contribution < -0.4 is 21.7 Å². The van der Waals surface area contributed by atoms with Crippen LogP contribution in [0.2, 0.25) is 0 Å². The SMILES string of the molecule is CNC(=O)C[C@H](S)C(=O)CNC(=O)[C@H](CS)NC(=O)CC[C@H](N)C(=O)O. The third kappa shape index (κ3) is 9.63. The van der Waals surface area contributed by atoms with E-state index in [1.54, 1.807) is 0 Å². The number of nitrogens with two attached hydrogens (primary N) is 1. The van der Waals surface area contributed by atoms with E-state index in [-0.39, 0.29) is 37.5 Å².